The summed E-state index contributed by atoms with van der Waals surface area (Å²) in [6.07, 6.45) is 9.79. The van der Waals surface area contributed by atoms with Gasteiger partial charge in [-0.25, -0.2) is 9.97 Å². The minimum absolute atomic E-state index is 0.695. The van der Waals surface area contributed by atoms with Crippen LogP contribution in [0.15, 0.2) is 156 Å². The van der Waals surface area contributed by atoms with Crippen LogP contribution >= 0.6 is 0 Å². The summed E-state index contributed by atoms with van der Waals surface area (Å²) in [7, 11) is 0. The number of aromatic nitrogens is 4. The van der Waals surface area contributed by atoms with Gasteiger partial charge >= 0.3 is 0 Å². The number of pyridine rings is 2. The Bertz CT molecular complexity index is 2540. The molecule has 4 aromatic heterocycles. The van der Waals surface area contributed by atoms with Gasteiger partial charge in [0.05, 0.1) is 11.4 Å². The topological polar surface area (TPSA) is 77.8 Å². The Morgan fingerprint density at radius 1 is 0.370 bits per heavy atom. The Balaban J connectivity index is 1.36. The molecule has 0 N–H and O–H groups in total. The van der Waals surface area contributed by atoms with E-state index in [1.165, 1.54) is 23.6 Å². The molecule has 0 radical (unpaired) electrons. The van der Waals surface area contributed by atoms with Crippen molar-refractivity contribution in [3.63, 3.8) is 0 Å². The van der Waals surface area contributed by atoms with Crippen LogP contribution in [0.5, 0.6) is 0 Å². The number of benzene rings is 5. The van der Waals surface area contributed by atoms with Gasteiger partial charge in [0.1, 0.15) is 23.9 Å². The second-order valence-corrected chi connectivity index (χ2v) is 11.2. The first-order valence-corrected chi connectivity index (χ1v) is 15.0. The maximum absolute atomic E-state index is 5.28. The molecular formula is C40H24N4O2. The number of nitrogens with zero attached hydrogens (tertiary/aromatic N) is 4. The van der Waals surface area contributed by atoms with E-state index in [0.717, 1.165) is 66.3 Å². The maximum atomic E-state index is 5.28. The van der Waals surface area contributed by atoms with Crippen molar-refractivity contribution in [2.24, 2.45) is 0 Å². The summed E-state index contributed by atoms with van der Waals surface area (Å²) in [5, 5.41) is 6.98. The predicted octanol–water partition coefficient (Wildman–Crippen LogP) is 10.2. The molecule has 0 aliphatic heterocycles. The van der Waals surface area contributed by atoms with E-state index in [1.807, 2.05) is 12.4 Å². The summed E-state index contributed by atoms with van der Waals surface area (Å²) >= 11 is 0. The second-order valence-electron chi connectivity index (χ2n) is 11.2. The molecule has 5 aromatic carbocycles. The van der Waals surface area contributed by atoms with Gasteiger partial charge in [-0.2, -0.15) is 0 Å². The summed E-state index contributed by atoms with van der Waals surface area (Å²) in [6, 6.07) is 38.8. The molecule has 0 unspecified atom stereocenters. The summed E-state index contributed by atoms with van der Waals surface area (Å²) in [6.45, 7) is 0. The Labute approximate surface area is 263 Å². The standard InChI is InChI=1S/C40H24N4O2/c1-2-6-26-17-27(10-9-25(26)5-1)28-11-12-33-34(18-28)40(30-14-16-42-36(20-30)38-22-46-24-44-38)32-8-4-3-7-31(32)39(33)29-13-15-41-35(19-29)37-21-45-23-43-37/h1-24H. The second kappa shape index (κ2) is 10.6. The number of hydrogen-bond acceptors (Lipinski definition) is 6. The summed E-state index contributed by atoms with van der Waals surface area (Å²) < 4.78 is 10.6. The van der Waals surface area contributed by atoms with E-state index in [0.29, 0.717) is 11.4 Å². The molecular weight excluding hydrogens is 568 g/mol. The van der Waals surface area contributed by atoms with Gasteiger partial charge in [-0.3, -0.25) is 9.97 Å². The number of hydrogen-bond donors (Lipinski definition) is 0. The van der Waals surface area contributed by atoms with E-state index in [4.69, 9.17) is 8.83 Å². The van der Waals surface area contributed by atoms with Gasteiger partial charge in [0.25, 0.3) is 0 Å². The molecule has 0 bridgehead atoms. The third-order valence-electron chi connectivity index (χ3n) is 8.59. The zero-order valence-electron chi connectivity index (χ0n) is 24.5. The quantitative estimate of drug-likeness (QED) is 0.185. The van der Waals surface area contributed by atoms with E-state index >= 15 is 0 Å². The minimum atomic E-state index is 0.695. The van der Waals surface area contributed by atoms with Gasteiger partial charge in [-0.15, -0.1) is 0 Å². The van der Waals surface area contributed by atoms with Crippen LogP contribution in [0, 0.1) is 0 Å². The molecule has 0 fully saturated rings. The lowest BCUT2D eigenvalue weighted by Gasteiger charge is -2.19. The third kappa shape index (κ3) is 4.35. The fourth-order valence-electron chi connectivity index (χ4n) is 6.48. The van der Waals surface area contributed by atoms with Gasteiger partial charge in [0, 0.05) is 12.4 Å². The first kappa shape index (κ1) is 26.0. The third-order valence-corrected chi connectivity index (χ3v) is 8.59. The van der Waals surface area contributed by atoms with E-state index < -0.39 is 0 Å². The molecule has 216 valence electrons. The molecule has 46 heavy (non-hydrogen) atoms. The van der Waals surface area contributed by atoms with Crippen LogP contribution in [0.4, 0.5) is 0 Å². The van der Waals surface area contributed by atoms with Crippen molar-refractivity contribution in [3.05, 3.63) is 147 Å². The fraction of sp³-hybridized carbons (Fsp3) is 0. The van der Waals surface area contributed by atoms with Gasteiger partial charge in [-0.05, 0) is 102 Å². The van der Waals surface area contributed by atoms with Crippen LogP contribution in [-0.4, -0.2) is 19.9 Å². The van der Waals surface area contributed by atoms with Crippen LogP contribution in [-0.2, 0) is 0 Å². The Morgan fingerprint density at radius 3 is 1.54 bits per heavy atom. The summed E-state index contributed by atoms with van der Waals surface area (Å²) in [4.78, 5) is 17.9. The number of fused-ring (bicyclic) bond motifs is 3. The first-order valence-electron chi connectivity index (χ1n) is 15.0. The molecule has 0 saturated carbocycles. The first-order chi connectivity index (χ1) is 22.8. The summed E-state index contributed by atoms with van der Waals surface area (Å²) in [5.74, 6) is 0. The highest BCUT2D eigenvalue weighted by molar-refractivity contribution is 6.22. The molecule has 9 rings (SSSR count). The maximum Gasteiger partial charge on any atom is 0.181 e. The van der Waals surface area contributed by atoms with E-state index in [1.54, 1.807) is 12.5 Å². The predicted molar refractivity (Wildman–Crippen MR) is 182 cm³/mol. The van der Waals surface area contributed by atoms with Crippen LogP contribution in [0.1, 0.15) is 0 Å². The van der Waals surface area contributed by atoms with Crippen LogP contribution in [0.2, 0.25) is 0 Å². The van der Waals surface area contributed by atoms with Crippen molar-refractivity contribution in [1.29, 1.82) is 0 Å². The van der Waals surface area contributed by atoms with Crippen molar-refractivity contribution in [2.45, 2.75) is 0 Å². The molecule has 0 amide bonds. The molecule has 6 heteroatoms. The van der Waals surface area contributed by atoms with Crippen molar-refractivity contribution in [1.82, 2.24) is 19.9 Å². The fourth-order valence-corrected chi connectivity index (χ4v) is 6.48. The Kier molecular flexibility index (Phi) is 6.03. The molecule has 0 saturated heterocycles. The van der Waals surface area contributed by atoms with E-state index in [2.05, 4.69) is 129 Å². The largest absolute Gasteiger partial charge is 0.451 e. The highest BCUT2D eigenvalue weighted by Crippen LogP contribution is 2.45. The highest BCUT2D eigenvalue weighted by Gasteiger charge is 2.19. The normalized spacial score (nSPS) is 11.5. The van der Waals surface area contributed by atoms with Crippen molar-refractivity contribution in [2.75, 3.05) is 0 Å². The Morgan fingerprint density at radius 2 is 0.913 bits per heavy atom. The molecule has 0 aliphatic rings. The van der Waals surface area contributed by atoms with Gasteiger partial charge in [-0.1, -0.05) is 72.8 Å². The molecule has 4 heterocycles. The van der Waals surface area contributed by atoms with Crippen molar-refractivity contribution >= 4 is 32.3 Å². The lowest BCUT2D eigenvalue weighted by atomic mass is 9.84. The van der Waals surface area contributed by atoms with Crippen LogP contribution < -0.4 is 0 Å². The molecule has 0 spiro atoms. The van der Waals surface area contributed by atoms with Crippen LogP contribution in [0.25, 0.3) is 88.5 Å². The zero-order chi connectivity index (χ0) is 30.5. The summed E-state index contributed by atoms with van der Waals surface area (Å²) in [5.41, 5.74) is 9.58. The Hall–Kier alpha value is -6.40. The number of rotatable bonds is 5. The van der Waals surface area contributed by atoms with Gasteiger partial charge < -0.3 is 8.83 Å². The lowest BCUT2D eigenvalue weighted by molar-refractivity contribution is 0.558. The van der Waals surface area contributed by atoms with Gasteiger partial charge in [0.15, 0.2) is 12.8 Å². The van der Waals surface area contributed by atoms with E-state index in [-0.39, 0.29) is 0 Å². The zero-order valence-corrected chi connectivity index (χ0v) is 24.5. The van der Waals surface area contributed by atoms with Crippen LogP contribution in [0.3, 0.4) is 0 Å². The molecule has 0 atom stereocenters. The molecule has 6 nitrogen and oxygen atoms in total. The minimum Gasteiger partial charge on any atom is -0.451 e. The molecule has 0 aliphatic carbocycles. The van der Waals surface area contributed by atoms with E-state index in [9.17, 15) is 0 Å². The molecule has 9 aromatic rings. The number of oxazole rings is 2. The smallest absolute Gasteiger partial charge is 0.181 e. The average Bonchev–Trinajstić information content (AvgIpc) is 3.86. The lowest BCUT2D eigenvalue weighted by Crippen LogP contribution is -1.94. The average molecular weight is 593 g/mol. The highest BCUT2D eigenvalue weighted by atomic mass is 16.3. The van der Waals surface area contributed by atoms with Crippen molar-refractivity contribution in [3.8, 4) is 56.2 Å². The monoisotopic (exact) mass is 592 g/mol. The van der Waals surface area contributed by atoms with Gasteiger partial charge in [0.2, 0.25) is 0 Å². The SMILES string of the molecule is c1ccc2cc(-c3ccc4c(-c5ccnc(-c6cocn6)c5)c5ccccc5c(-c5ccnc(-c6cocn6)c5)c4c3)ccc2c1. The van der Waals surface area contributed by atoms with Crippen molar-refractivity contribution < 1.29 is 8.83 Å².